The van der Waals surface area contributed by atoms with Crippen molar-refractivity contribution in [1.29, 1.82) is 0 Å². The summed E-state index contributed by atoms with van der Waals surface area (Å²) in [5.74, 6) is -0.140. The summed E-state index contributed by atoms with van der Waals surface area (Å²) in [6.45, 7) is 1.40. The minimum Gasteiger partial charge on any atom is -0.337 e. The van der Waals surface area contributed by atoms with Gasteiger partial charge in [-0.3, -0.25) is 9.78 Å². The van der Waals surface area contributed by atoms with Gasteiger partial charge in [0, 0.05) is 45.0 Å². The summed E-state index contributed by atoms with van der Waals surface area (Å²) < 4.78 is 81.8. The molecule has 0 bridgehead atoms. The molecule has 1 amide bonds. The van der Waals surface area contributed by atoms with E-state index in [2.05, 4.69) is 9.97 Å². The molecule has 0 aliphatic carbocycles. The van der Waals surface area contributed by atoms with Gasteiger partial charge in [-0.15, -0.1) is 0 Å². The highest BCUT2D eigenvalue weighted by Crippen LogP contribution is 2.37. The highest BCUT2D eigenvalue weighted by molar-refractivity contribution is 7.98. The van der Waals surface area contributed by atoms with Gasteiger partial charge in [0.15, 0.2) is 5.16 Å². The normalized spacial score (nSPS) is 12.0. The molecule has 0 radical (unpaired) electrons. The topological polar surface area (TPSA) is 51.0 Å². The molecular weight excluding hydrogens is 554 g/mol. The number of carbonyl (C=O) groups is 1. The zero-order valence-corrected chi connectivity index (χ0v) is 22.5. The Hall–Kier alpha value is -3.80. The molecule has 4 rings (SSSR count). The van der Waals surface area contributed by atoms with E-state index in [0.717, 1.165) is 21.2 Å². The van der Waals surface area contributed by atoms with Crippen molar-refractivity contribution >= 4 is 17.7 Å². The summed E-state index contributed by atoms with van der Waals surface area (Å²) >= 11 is 1.45. The van der Waals surface area contributed by atoms with Crippen LogP contribution in [-0.4, -0.2) is 32.4 Å². The number of amides is 1. The number of halogens is 6. The fourth-order valence-corrected chi connectivity index (χ4v) is 4.97. The van der Waals surface area contributed by atoms with E-state index in [1.807, 2.05) is 49.0 Å². The summed E-state index contributed by atoms with van der Waals surface area (Å²) in [5.41, 5.74) is -0.148. The van der Waals surface area contributed by atoms with Gasteiger partial charge in [0.1, 0.15) is 0 Å². The van der Waals surface area contributed by atoms with E-state index in [0.29, 0.717) is 29.1 Å². The Labute approximate surface area is 230 Å². The van der Waals surface area contributed by atoms with Crippen LogP contribution in [0.5, 0.6) is 0 Å². The predicted octanol–water partition coefficient (Wildman–Crippen LogP) is 7.39. The lowest BCUT2D eigenvalue weighted by molar-refractivity contribution is -0.143. The maximum absolute atomic E-state index is 13.5. The number of benzene rings is 2. The number of imidazole rings is 1. The third kappa shape index (κ3) is 6.67. The first-order chi connectivity index (χ1) is 18.7. The van der Waals surface area contributed by atoms with Gasteiger partial charge in [0.2, 0.25) is 0 Å². The van der Waals surface area contributed by atoms with E-state index in [9.17, 15) is 31.1 Å². The van der Waals surface area contributed by atoms with Crippen LogP contribution in [0.2, 0.25) is 0 Å². The molecule has 0 atom stereocenters. The monoisotopic (exact) mass is 578 g/mol. The van der Waals surface area contributed by atoms with Crippen molar-refractivity contribution in [2.45, 2.75) is 36.7 Å². The number of nitrogens with zero attached hydrogens (tertiary/aromatic N) is 4. The molecule has 2 aromatic carbocycles. The van der Waals surface area contributed by atoms with Gasteiger partial charge in [0.05, 0.1) is 22.4 Å². The summed E-state index contributed by atoms with van der Waals surface area (Å²) in [7, 11) is 3.18. The maximum atomic E-state index is 13.5. The highest BCUT2D eigenvalue weighted by atomic mass is 32.2. The van der Waals surface area contributed by atoms with Crippen molar-refractivity contribution in [2.24, 2.45) is 7.05 Å². The van der Waals surface area contributed by atoms with Crippen LogP contribution < -0.4 is 0 Å². The Morgan fingerprint density at radius 2 is 1.60 bits per heavy atom. The number of rotatable bonds is 7. The van der Waals surface area contributed by atoms with Crippen LogP contribution >= 0.6 is 11.8 Å². The minimum absolute atomic E-state index is 0.0627. The van der Waals surface area contributed by atoms with Crippen LogP contribution in [0.25, 0.3) is 11.1 Å². The van der Waals surface area contributed by atoms with E-state index < -0.39 is 35.9 Å². The van der Waals surface area contributed by atoms with Crippen molar-refractivity contribution < 1.29 is 31.1 Å². The van der Waals surface area contributed by atoms with Crippen LogP contribution in [0.4, 0.5) is 26.3 Å². The molecule has 0 aliphatic heterocycles. The number of hydrogen-bond acceptors (Lipinski definition) is 4. The molecule has 2 aromatic heterocycles. The molecule has 12 heteroatoms. The molecule has 2 heterocycles. The van der Waals surface area contributed by atoms with Gasteiger partial charge in [0.25, 0.3) is 5.91 Å². The van der Waals surface area contributed by atoms with Crippen LogP contribution in [0.3, 0.4) is 0 Å². The summed E-state index contributed by atoms with van der Waals surface area (Å²) in [6, 6.07) is 10.4. The number of aryl methyl sites for hydroxylation is 2. The number of alkyl halides is 6. The number of hydrogen-bond donors (Lipinski definition) is 0. The zero-order valence-electron chi connectivity index (χ0n) is 21.6. The first-order valence-corrected chi connectivity index (χ1v) is 12.9. The van der Waals surface area contributed by atoms with Gasteiger partial charge in [-0.05, 0) is 53.4 Å². The van der Waals surface area contributed by atoms with Crippen molar-refractivity contribution in [3.8, 4) is 11.1 Å². The average Bonchev–Trinajstić information content (AvgIpc) is 3.30. The van der Waals surface area contributed by atoms with Crippen LogP contribution in [0, 0.1) is 6.92 Å². The fourth-order valence-electron chi connectivity index (χ4n) is 4.14. The number of pyridine rings is 1. The summed E-state index contributed by atoms with van der Waals surface area (Å²) in [4.78, 5) is 23.3. The molecule has 0 aliphatic rings. The lowest BCUT2D eigenvalue weighted by Crippen LogP contribution is -2.27. The largest absolute Gasteiger partial charge is 0.416 e. The lowest BCUT2D eigenvalue weighted by Gasteiger charge is -2.21. The quantitative estimate of drug-likeness (QED) is 0.170. The molecule has 0 saturated heterocycles. The Morgan fingerprint density at radius 3 is 2.17 bits per heavy atom. The summed E-state index contributed by atoms with van der Waals surface area (Å²) in [6.07, 6.45) is -5.09. The van der Waals surface area contributed by atoms with Crippen LogP contribution in [0.1, 0.15) is 38.3 Å². The maximum Gasteiger partial charge on any atom is 0.416 e. The second-order valence-electron chi connectivity index (χ2n) is 9.22. The molecule has 0 saturated carbocycles. The van der Waals surface area contributed by atoms with Gasteiger partial charge in [-0.1, -0.05) is 36.0 Å². The number of aromatic nitrogens is 3. The Balaban J connectivity index is 1.68. The number of thioether (sulfide) groups is 1. The van der Waals surface area contributed by atoms with Gasteiger partial charge in [-0.25, -0.2) is 4.98 Å². The standard InChI is InChI=1S/C28H24F6N4OS/c1-17-6-4-5-7-22(17)23-13-21(16-40-26-35-8-9-37(26)2)36-14-24(23)25(39)38(3)15-18-10-19(27(29,30)31)12-20(11-18)28(32,33)34/h4-14H,15-16H2,1-3H3. The Bertz CT molecular complexity index is 1500. The third-order valence-corrected chi connectivity index (χ3v) is 7.26. The van der Waals surface area contributed by atoms with Crippen LogP contribution in [0.15, 0.2) is 72.3 Å². The number of carbonyl (C=O) groups excluding carboxylic acids is 1. The van der Waals surface area contributed by atoms with Crippen molar-refractivity contribution in [1.82, 2.24) is 19.4 Å². The average molecular weight is 579 g/mol. The molecule has 210 valence electrons. The zero-order chi connectivity index (χ0) is 29.2. The molecule has 0 N–H and O–H groups in total. The molecule has 0 fully saturated rings. The van der Waals surface area contributed by atoms with E-state index in [1.54, 1.807) is 12.3 Å². The van der Waals surface area contributed by atoms with E-state index in [4.69, 9.17) is 0 Å². The molecule has 0 unspecified atom stereocenters. The van der Waals surface area contributed by atoms with E-state index in [1.165, 1.54) is 25.0 Å². The molecule has 0 spiro atoms. The molecule has 4 aromatic rings. The lowest BCUT2D eigenvalue weighted by atomic mass is 9.96. The van der Waals surface area contributed by atoms with Crippen molar-refractivity contribution in [3.63, 3.8) is 0 Å². The Kier molecular flexibility index (Phi) is 8.29. The summed E-state index contributed by atoms with van der Waals surface area (Å²) in [5, 5.41) is 0.776. The van der Waals surface area contributed by atoms with E-state index in [-0.39, 0.29) is 17.2 Å². The first kappa shape index (κ1) is 29.2. The van der Waals surface area contributed by atoms with Crippen molar-refractivity contribution in [2.75, 3.05) is 7.05 Å². The minimum atomic E-state index is -4.98. The molecule has 40 heavy (non-hydrogen) atoms. The SMILES string of the molecule is Cc1ccccc1-c1cc(CSc2nccn2C)ncc1C(=O)N(C)Cc1cc(C(F)(F)F)cc(C(F)(F)F)c1. The smallest absolute Gasteiger partial charge is 0.337 e. The van der Waals surface area contributed by atoms with Gasteiger partial charge in [-0.2, -0.15) is 26.3 Å². The highest BCUT2D eigenvalue weighted by Gasteiger charge is 2.37. The van der Waals surface area contributed by atoms with Crippen molar-refractivity contribution in [3.05, 3.63) is 101 Å². The van der Waals surface area contributed by atoms with Gasteiger partial charge < -0.3 is 9.47 Å². The Morgan fingerprint density at radius 1 is 0.950 bits per heavy atom. The second kappa shape index (κ2) is 11.4. The predicted molar refractivity (Wildman–Crippen MR) is 139 cm³/mol. The van der Waals surface area contributed by atoms with Gasteiger partial charge >= 0.3 is 12.4 Å². The molecule has 5 nitrogen and oxygen atoms in total. The fraction of sp³-hybridized carbons (Fsp3) is 0.250. The second-order valence-corrected chi connectivity index (χ2v) is 10.2. The molecular formula is C28H24F6N4OS. The van der Waals surface area contributed by atoms with E-state index >= 15 is 0 Å². The third-order valence-electron chi connectivity index (χ3n) is 6.17. The van der Waals surface area contributed by atoms with Crippen LogP contribution in [-0.2, 0) is 31.7 Å². The first-order valence-electron chi connectivity index (χ1n) is 11.9.